The predicted molar refractivity (Wildman–Crippen MR) is 127 cm³/mol. The lowest BCUT2D eigenvalue weighted by Crippen LogP contribution is -3.10. The second-order valence-electron chi connectivity index (χ2n) is 8.32. The van der Waals surface area contributed by atoms with Gasteiger partial charge in [0, 0.05) is 29.7 Å². The fourth-order valence-electron chi connectivity index (χ4n) is 4.17. The minimum absolute atomic E-state index is 0.177. The van der Waals surface area contributed by atoms with Crippen LogP contribution in [0.3, 0.4) is 0 Å². The molecule has 1 atom stereocenters. The van der Waals surface area contributed by atoms with Gasteiger partial charge in [0.1, 0.15) is 13.1 Å². The van der Waals surface area contributed by atoms with Crippen LogP contribution in [-0.2, 0) is 19.5 Å². The number of carbonyl (C=O) groups excluding carboxylic acids is 2. The van der Waals surface area contributed by atoms with Crippen LogP contribution < -0.4 is 15.5 Å². The van der Waals surface area contributed by atoms with Gasteiger partial charge < -0.3 is 15.5 Å². The molecule has 0 aliphatic carbocycles. The first kappa shape index (κ1) is 21.8. The maximum Gasteiger partial charge on any atom is 0.255 e. The number of benzene rings is 3. The SMILES string of the molecule is CCCNC(=O)c1ccccc1NC(=O)c1ccc(C[NH+]2CCc3ccccc3C2)cc1. The Labute approximate surface area is 189 Å². The van der Waals surface area contributed by atoms with Crippen LogP contribution in [-0.4, -0.2) is 24.9 Å². The maximum absolute atomic E-state index is 12.8. The van der Waals surface area contributed by atoms with E-state index in [1.807, 2.05) is 37.3 Å². The second-order valence-corrected chi connectivity index (χ2v) is 8.32. The van der Waals surface area contributed by atoms with Crippen molar-refractivity contribution < 1.29 is 14.5 Å². The van der Waals surface area contributed by atoms with Gasteiger partial charge in [-0.25, -0.2) is 0 Å². The van der Waals surface area contributed by atoms with E-state index in [-0.39, 0.29) is 11.8 Å². The van der Waals surface area contributed by atoms with E-state index in [9.17, 15) is 9.59 Å². The van der Waals surface area contributed by atoms with Crippen LogP contribution in [0.2, 0.25) is 0 Å². The normalized spacial score (nSPS) is 15.0. The standard InChI is InChI=1S/C27H29N3O2/c1-2-16-28-27(32)24-9-5-6-10-25(24)29-26(31)22-13-11-20(12-14-22)18-30-17-15-21-7-3-4-8-23(21)19-30/h3-14H,2,15-19H2,1H3,(H,28,32)(H,29,31)/p+1. The van der Waals surface area contributed by atoms with Gasteiger partial charge in [0.25, 0.3) is 11.8 Å². The van der Waals surface area contributed by atoms with E-state index in [1.165, 1.54) is 21.6 Å². The molecule has 5 heteroatoms. The number of anilines is 1. The maximum atomic E-state index is 12.8. The molecule has 4 rings (SSSR count). The molecule has 3 N–H and O–H groups in total. The van der Waals surface area contributed by atoms with E-state index in [0.717, 1.165) is 32.5 Å². The lowest BCUT2D eigenvalue weighted by Gasteiger charge is -2.26. The summed E-state index contributed by atoms with van der Waals surface area (Å²) >= 11 is 0. The lowest BCUT2D eigenvalue weighted by molar-refractivity contribution is -0.929. The van der Waals surface area contributed by atoms with Gasteiger partial charge in [0.05, 0.1) is 17.8 Å². The first-order chi connectivity index (χ1) is 15.6. The molecule has 5 nitrogen and oxygen atoms in total. The zero-order chi connectivity index (χ0) is 22.3. The third kappa shape index (κ3) is 5.24. The lowest BCUT2D eigenvalue weighted by atomic mass is 9.99. The third-order valence-corrected chi connectivity index (χ3v) is 5.93. The number of quaternary nitrogens is 1. The Morgan fingerprint density at radius 3 is 2.38 bits per heavy atom. The zero-order valence-corrected chi connectivity index (χ0v) is 18.5. The Morgan fingerprint density at radius 1 is 0.875 bits per heavy atom. The number of rotatable bonds is 7. The monoisotopic (exact) mass is 428 g/mol. The number of carbonyl (C=O) groups is 2. The minimum Gasteiger partial charge on any atom is -0.352 e. The van der Waals surface area contributed by atoms with E-state index >= 15 is 0 Å². The molecule has 1 heterocycles. The Hall–Kier alpha value is -3.44. The van der Waals surface area contributed by atoms with Crippen LogP contribution in [0, 0.1) is 0 Å². The van der Waals surface area contributed by atoms with Crippen molar-refractivity contribution in [3.05, 3.63) is 101 Å². The van der Waals surface area contributed by atoms with Crippen molar-refractivity contribution in [3.63, 3.8) is 0 Å². The fraction of sp³-hybridized carbons (Fsp3) is 0.259. The van der Waals surface area contributed by atoms with Crippen molar-refractivity contribution in [3.8, 4) is 0 Å². The number of nitrogens with one attached hydrogen (secondary N) is 3. The van der Waals surface area contributed by atoms with E-state index in [4.69, 9.17) is 0 Å². The van der Waals surface area contributed by atoms with Gasteiger partial charge in [-0.2, -0.15) is 0 Å². The predicted octanol–water partition coefficient (Wildman–Crippen LogP) is 3.22. The molecule has 164 valence electrons. The van der Waals surface area contributed by atoms with Gasteiger partial charge in [-0.15, -0.1) is 0 Å². The number of amides is 2. The minimum atomic E-state index is -0.216. The van der Waals surface area contributed by atoms with E-state index in [0.29, 0.717) is 23.4 Å². The van der Waals surface area contributed by atoms with Crippen molar-refractivity contribution in [1.29, 1.82) is 0 Å². The van der Waals surface area contributed by atoms with Crippen LogP contribution in [0.15, 0.2) is 72.8 Å². The highest BCUT2D eigenvalue weighted by Crippen LogP contribution is 2.17. The van der Waals surface area contributed by atoms with Crippen LogP contribution in [0.1, 0.15) is 50.8 Å². The van der Waals surface area contributed by atoms with Crippen molar-refractivity contribution in [1.82, 2.24) is 5.32 Å². The van der Waals surface area contributed by atoms with E-state index < -0.39 is 0 Å². The molecule has 1 unspecified atom stereocenters. The Kier molecular flexibility index (Phi) is 6.97. The largest absolute Gasteiger partial charge is 0.352 e. The smallest absolute Gasteiger partial charge is 0.255 e. The van der Waals surface area contributed by atoms with Crippen molar-refractivity contribution in [2.45, 2.75) is 32.9 Å². The molecule has 1 aliphatic rings. The first-order valence-corrected chi connectivity index (χ1v) is 11.3. The summed E-state index contributed by atoms with van der Waals surface area (Å²) in [5.41, 5.74) is 5.69. The van der Waals surface area contributed by atoms with E-state index in [1.54, 1.807) is 18.2 Å². The van der Waals surface area contributed by atoms with Crippen LogP contribution in [0.4, 0.5) is 5.69 Å². The van der Waals surface area contributed by atoms with Gasteiger partial charge in [0.2, 0.25) is 0 Å². The molecule has 0 spiro atoms. The topological polar surface area (TPSA) is 62.6 Å². The Morgan fingerprint density at radius 2 is 1.59 bits per heavy atom. The third-order valence-electron chi connectivity index (χ3n) is 5.93. The van der Waals surface area contributed by atoms with Gasteiger partial charge in [-0.1, -0.05) is 55.5 Å². The average molecular weight is 429 g/mol. The summed E-state index contributed by atoms with van der Waals surface area (Å²) in [5.74, 6) is -0.393. The van der Waals surface area contributed by atoms with Gasteiger partial charge >= 0.3 is 0 Å². The quantitative estimate of drug-likeness (QED) is 0.541. The van der Waals surface area contributed by atoms with Crippen LogP contribution >= 0.6 is 0 Å². The van der Waals surface area contributed by atoms with Gasteiger partial charge in [-0.3, -0.25) is 9.59 Å². The molecule has 0 radical (unpaired) electrons. The molecule has 0 bridgehead atoms. The molecule has 3 aromatic rings. The Bertz CT molecular complexity index is 1090. The van der Waals surface area contributed by atoms with Crippen LogP contribution in [0.25, 0.3) is 0 Å². The molecule has 2 amide bonds. The van der Waals surface area contributed by atoms with Crippen molar-refractivity contribution in [2.75, 3.05) is 18.4 Å². The number of para-hydroxylation sites is 1. The van der Waals surface area contributed by atoms with Gasteiger partial charge in [0.15, 0.2) is 0 Å². The summed E-state index contributed by atoms with van der Waals surface area (Å²) in [5, 5.41) is 5.75. The summed E-state index contributed by atoms with van der Waals surface area (Å²) in [6.07, 6.45) is 1.97. The van der Waals surface area contributed by atoms with Crippen molar-refractivity contribution in [2.24, 2.45) is 0 Å². The van der Waals surface area contributed by atoms with Gasteiger partial charge in [-0.05, 0) is 36.2 Å². The highest BCUT2D eigenvalue weighted by atomic mass is 16.2. The molecule has 32 heavy (non-hydrogen) atoms. The summed E-state index contributed by atoms with van der Waals surface area (Å²) in [6.45, 7) is 5.71. The average Bonchev–Trinajstić information content (AvgIpc) is 2.83. The van der Waals surface area contributed by atoms with Crippen LogP contribution in [0.5, 0.6) is 0 Å². The first-order valence-electron chi connectivity index (χ1n) is 11.3. The molecular formula is C27H30N3O2+. The summed E-state index contributed by atoms with van der Waals surface area (Å²) in [6, 6.07) is 23.6. The zero-order valence-electron chi connectivity index (χ0n) is 18.5. The summed E-state index contributed by atoms with van der Waals surface area (Å²) in [4.78, 5) is 26.7. The molecule has 0 saturated carbocycles. The Balaban J connectivity index is 1.39. The second kappa shape index (κ2) is 10.2. The van der Waals surface area contributed by atoms with E-state index in [2.05, 4.69) is 34.9 Å². The number of hydrogen-bond donors (Lipinski definition) is 3. The van der Waals surface area contributed by atoms with Crippen molar-refractivity contribution >= 4 is 17.5 Å². The summed E-state index contributed by atoms with van der Waals surface area (Å²) in [7, 11) is 0. The fourth-order valence-corrected chi connectivity index (χ4v) is 4.17. The number of fused-ring (bicyclic) bond motifs is 1. The summed E-state index contributed by atoms with van der Waals surface area (Å²) < 4.78 is 0. The molecule has 0 fully saturated rings. The molecular weight excluding hydrogens is 398 g/mol. The molecule has 0 saturated heterocycles. The molecule has 1 aliphatic heterocycles. The molecule has 3 aromatic carbocycles. The highest BCUT2D eigenvalue weighted by Gasteiger charge is 2.19. The number of hydrogen-bond acceptors (Lipinski definition) is 2. The highest BCUT2D eigenvalue weighted by molar-refractivity contribution is 6.09. The molecule has 0 aromatic heterocycles.